The quantitative estimate of drug-likeness (QED) is 0.617. The van der Waals surface area contributed by atoms with Gasteiger partial charge in [-0.05, 0) is 30.3 Å². The van der Waals surface area contributed by atoms with Crippen molar-refractivity contribution < 1.29 is 14.3 Å². The fourth-order valence-corrected chi connectivity index (χ4v) is 2.71. The number of nitrogens with two attached hydrogens (primary N) is 1. The Balaban J connectivity index is 1.46. The molecule has 0 fully saturated rings. The van der Waals surface area contributed by atoms with E-state index in [0.717, 1.165) is 17.1 Å². The van der Waals surface area contributed by atoms with E-state index in [1.807, 2.05) is 18.2 Å². The second kappa shape index (κ2) is 7.20. The van der Waals surface area contributed by atoms with E-state index in [0.29, 0.717) is 29.6 Å². The van der Waals surface area contributed by atoms with E-state index in [2.05, 4.69) is 20.6 Å². The summed E-state index contributed by atoms with van der Waals surface area (Å²) in [6, 6.07) is 14.4. The molecule has 0 saturated heterocycles. The first-order chi connectivity index (χ1) is 13.2. The first-order valence-electron chi connectivity index (χ1n) is 8.30. The van der Waals surface area contributed by atoms with Crippen LogP contribution in [0.3, 0.4) is 0 Å². The first kappa shape index (κ1) is 16.6. The van der Waals surface area contributed by atoms with Gasteiger partial charge in [0, 0.05) is 29.6 Å². The summed E-state index contributed by atoms with van der Waals surface area (Å²) in [5.74, 6) is 2.06. The van der Waals surface area contributed by atoms with Crippen molar-refractivity contribution in [1.82, 2.24) is 9.97 Å². The number of nitrogens with zero attached hydrogens (tertiary/aromatic N) is 2. The Bertz CT molecular complexity index is 993. The number of primary amides is 1. The van der Waals surface area contributed by atoms with E-state index >= 15 is 0 Å². The molecule has 1 aliphatic rings. The van der Waals surface area contributed by atoms with Crippen molar-refractivity contribution >= 4 is 23.4 Å². The molecule has 2 heterocycles. The van der Waals surface area contributed by atoms with Crippen molar-refractivity contribution in [2.75, 3.05) is 17.4 Å². The predicted molar refractivity (Wildman–Crippen MR) is 100 cm³/mol. The summed E-state index contributed by atoms with van der Waals surface area (Å²) >= 11 is 0. The number of carbonyl (C=O) groups is 1. The van der Waals surface area contributed by atoms with Gasteiger partial charge in [-0.2, -0.15) is 4.98 Å². The lowest BCUT2D eigenvalue weighted by molar-refractivity contribution is 0.100. The molecule has 0 saturated carbocycles. The highest BCUT2D eigenvalue weighted by atomic mass is 16.7. The maximum atomic E-state index is 11.3. The number of amides is 1. The monoisotopic (exact) mass is 363 g/mol. The lowest BCUT2D eigenvalue weighted by Crippen LogP contribution is -2.11. The Morgan fingerprint density at radius 3 is 2.93 bits per heavy atom. The van der Waals surface area contributed by atoms with Crippen molar-refractivity contribution in [3.05, 3.63) is 65.9 Å². The molecule has 8 heteroatoms. The summed E-state index contributed by atoms with van der Waals surface area (Å²) in [5, 5.41) is 6.31. The Hall–Kier alpha value is -3.81. The largest absolute Gasteiger partial charge is 0.454 e. The van der Waals surface area contributed by atoms with Crippen LogP contribution in [0.4, 0.5) is 17.5 Å². The number of benzene rings is 2. The van der Waals surface area contributed by atoms with Gasteiger partial charge in [-0.1, -0.05) is 18.2 Å². The zero-order chi connectivity index (χ0) is 18.6. The van der Waals surface area contributed by atoms with Crippen molar-refractivity contribution in [2.24, 2.45) is 5.73 Å². The number of nitrogens with one attached hydrogen (secondary N) is 2. The van der Waals surface area contributed by atoms with E-state index in [4.69, 9.17) is 15.2 Å². The van der Waals surface area contributed by atoms with Crippen LogP contribution in [0.25, 0.3) is 0 Å². The van der Waals surface area contributed by atoms with Gasteiger partial charge in [0.05, 0.1) is 0 Å². The van der Waals surface area contributed by atoms with Gasteiger partial charge in [0.25, 0.3) is 0 Å². The number of anilines is 3. The van der Waals surface area contributed by atoms with E-state index in [-0.39, 0.29) is 6.79 Å². The highest BCUT2D eigenvalue weighted by Gasteiger charge is 2.16. The van der Waals surface area contributed by atoms with Crippen molar-refractivity contribution in [1.29, 1.82) is 0 Å². The molecule has 136 valence electrons. The molecule has 0 unspecified atom stereocenters. The summed E-state index contributed by atoms with van der Waals surface area (Å²) in [6.07, 6.45) is 1.64. The Morgan fingerprint density at radius 1 is 1.15 bits per heavy atom. The molecular formula is C19H17N5O3. The second-order valence-corrected chi connectivity index (χ2v) is 5.84. The summed E-state index contributed by atoms with van der Waals surface area (Å²) in [4.78, 5) is 19.9. The molecule has 4 rings (SSSR count). The Morgan fingerprint density at radius 2 is 2.04 bits per heavy atom. The van der Waals surface area contributed by atoms with Crippen LogP contribution in [0.1, 0.15) is 15.9 Å². The number of hydrogen-bond acceptors (Lipinski definition) is 7. The molecule has 27 heavy (non-hydrogen) atoms. The molecule has 4 N–H and O–H groups in total. The van der Waals surface area contributed by atoms with Gasteiger partial charge < -0.3 is 25.8 Å². The van der Waals surface area contributed by atoms with Gasteiger partial charge in [-0.15, -0.1) is 0 Å². The average molecular weight is 363 g/mol. The topological polar surface area (TPSA) is 111 Å². The lowest BCUT2D eigenvalue weighted by atomic mass is 10.2. The fourth-order valence-electron chi connectivity index (χ4n) is 2.71. The zero-order valence-electron chi connectivity index (χ0n) is 14.3. The highest BCUT2D eigenvalue weighted by molar-refractivity contribution is 5.93. The van der Waals surface area contributed by atoms with Crippen LogP contribution < -0.4 is 25.8 Å². The molecule has 0 radical (unpaired) electrons. The Labute approximate surface area is 155 Å². The molecule has 0 aliphatic carbocycles. The third-order valence-corrected chi connectivity index (χ3v) is 4.00. The zero-order valence-corrected chi connectivity index (χ0v) is 14.3. The summed E-state index contributed by atoms with van der Waals surface area (Å²) in [7, 11) is 0. The minimum absolute atomic E-state index is 0.234. The molecule has 1 aromatic heterocycles. The minimum Gasteiger partial charge on any atom is -0.454 e. The third kappa shape index (κ3) is 3.74. The average Bonchev–Trinajstić information content (AvgIpc) is 3.16. The number of carbonyl (C=O) groups excluding carboxylic acids is 1. The first-order valence-corrected chi connectivity index (χ1v) is 8.30. The number of rotatable bonds is 6. The SMILES string of the molecule is NC(=O)c1cccc(Nc2nccc(NCc3cccc4c3OCO4)n2)c1. The highest BCUT2D eigenvalue weighted by Crippen LogP contribution is 2.35. The van der Waals surface area contributed by atoms with Crippen molar-refractivity contribution in [2.45, 2.75) is 6.54 Å². The van der Waals surface area contributed by atoms with Gasteiger partial charge in [-0.3, -0.25) is 4.79 Å². The number of hydrogen-bond donors (Lipinski definition) is 3. The molecule has 0 bridgehead atoms. The Kier molecular flexibility index (Phi) is 4.44. The second-order valence-electron chi connectivity index (χ2n) is 5.84. The lowest BCUT2D eigenvalue weighted by Gasteiger charge is -2.10. The van der Waals surface area contributed by atoms with Crippen LogP contribution in [0.2, 0.25) is 0 Å². The molecule has 1 amide bonds. The third-order valence-electron chi connectivity index (χ3n) is 4.00. The van der Waals surface area contributed by atoms with E-state index in [9.17, 15) is 4.79 Å². The maximum absolute atomic E-state index is 11.3. The fraction of sp³-hybridized carbons (Fsp3) is 0.105. The summed E-state index contributed by atoms with van der Waals surface area (Å²) < 4.78 is 10.9. The number of ether oxygens (including phenoxy) is 2. The van der Waals surface area contributed by atoms with Gasteiger partial charge in [0.15, 0.2) is 11.5 Å². The van der Waals surface area contributed by atoms with Crippen LogP contribution in [0, 0.1) is 0 Å². The maximum Gasteiger partial charge on any atom is 0.248 e. The molecule has 8 nitrogen and oxygen atoms in total. The van der Waals surface area contributed by atoms with E-state index in [1.165, 1.54) is 0 Å². The number of aromatic nitrogens is 2. The predicted octanol–water partition coefficient (Wildman–Crippen LogP) is 2.66. The molecule has 2 aromatic carbocycles. The van der Waals surface area contributed by atoms with Gasteiger partial charge >= 0.3 is 0 Å². The molecule has 3 aromatic rings. The van der Waals surface area contributed by atoms with Gasteiger partial charge in [0.2, 0.25) is 18.6 Å². The van der Waals surface area contributed by atoms with E-state index < -0.39 is 5.91 Å². The van der Waals surface area contributed by atoms with Crippen molar-refractivity contribution in [3.63, 3.8) is 0 Å². The molecule has 0 spiro atoms. The molecular weight excluding hydrogens is 346 g/mol. The van der Waals surface area contributed by atoms with Gasteiger partial charge in [0.1, 0.15) is 5.82 Å². The standard InChI is InChI=1S/C19H17N5O3/c20-18(25)12-3-1-5-14(9-12)23-19-21-8-7-16(24-19)22-10-13-4-2-6-15-17(13)27-11-26-15/h1-9H,10-11H2,(H2,20,25)(H2,21,22,23,24). The number of para-hydroxylation sites is 1. The normalized spacial score (nSPS) is 11.9. The van der Waals surface area contributed by atoms with Crippen LogP contribution in [-0.2, 0) is 6.54 Å². The molecule has 1 aliphatic heterocycles. The van der Waals surface area contributed by atoms with E-state index in [1.54, 1.807) is 36.5 Å². The smallest absolute Gasteiger partial charge is 0.248 e. The minimum atomic E-state index is -0.489. The van der Waals surface area contributed by atoms with Crippen LogP contribution in [0.5, 0.6) is 11.5 Å². The van der Waals surface area contributed by atoms with Crippen LogP contribution in [-0.4, -0.2) is 22.7 Å². The van der Waals surface area contributed by atoms with Crippen LogP contribution >= 0.6 is 0 Å². The van der Waals surface area contributed by atoms with Crippen LogP contribution in [0.15, 0.2) is 54.7 Å². The van der Waals surface area contributed by atoms with Gasteiger partial charge in [-0.25, -0.2) is 4.98 Å². The summed E-state index contributed by atoms with van der Waals surface area (Å²) in [6.45, 7) is 0.762. The van der Waals surface area contributed by atoms with Crippen molar-refractivity contribution in [3.8, 4) is 11.5 Å². The molecule has 0 atom stereocenters. The number of fused-ring (bicyclic) bond motifs is 1. The summed E-state index contributed by atoms with van der Waals surface area (Å²) in [5.41, 5.74) is 7.37.